The second-order valence-electron chi connectivity index (χ2n) is 5.90. The van der Waals surface area contributed by atoms with Gasteiger partial charge < -0.3 is 0 Å². The summed E-state index contributed by atoms with van der Waals surface area (Å²) in [6, 6.07) is 10.4. The van der Waals surface area contributed by atoms with E-state index in [1.807, 2.05) is 32.9 Å². The highest BCUT2D eigenvalue weighted by atomic mass is 32.2. The van der Waals surface area contributed by atoms with Crippen LogP contribution in [0.4, 0.5) is 5.69 Å². The largest absolute Gasteiger partial charge is 0.295 e. The number of Topliss-reactive ketones (excluding diaryl/α,β-unsaturated/α-hetero) is 1. The fourth-order valence-electron chi connectivity index (χ4n) is 2.58. The summed E-state index contributed by atoms with van der Waals surface area (Å²) in [5, 5.41) is 1.16. The van der Waals surface area contributed by atoms with Gasteiger partial charge in [0.1, 0.15) is 0 Å². The van der Waals surface area contributed by atoms with E-state index in [0.717, 1.165) is 27.7 Å². The summed E-state index contributed by atoms with van der Waals surface area (Å²) in [4.78, 5) is 11.2. The van der Waals surface area contributed by atoms with E-state index < -0.39 is 10.0 Å². The lowest BCUT2D eigenvalue weighted by molar-refractivity contribution is 0.101. The zero-order valence-electron chi connectivity index (χ0n) is 14.3. The van der Waals surface area contributed by atoms with Crippen LogP contribution in [0.25, 0.3) is 6.08 Å². The maximum absolute atomic E-state index is 12.2. The molecule has 5 heteroatoms. The molecule has 0 aliphatic carbocycles. The lowest BCUT2D eigenvalue weighted by Crippen LogP contribution is -2.09. The Morgan fingerprint density at radius 3 is 2.04 bits per heavy atom. The van der Waals surface area contributed by atoms with Crippen LogP contribution >= 0.6 is 0 Å². The summed E-state index contributed by atoms with van der Waals surface area (Å²) < 4.78 is 26.9. The molecule has 0 saturated heterocycles. The smallest absolute Gasteiger partial charge is 0.255 e. The first-order valence-electron chi connectivity index (χ1n) is 7.58. The molecule has 0 saturated carbocycles. The van der Waals surface area contributed by atoms with Gasteiger partial charge in [-0.15, -0.1) is 0 Å². The summed E-state index contributed by atoms with van der Waals surface area (Å²) in [5.74, 6) is -0.0605. The number of hydrogen-bond acceptors (Lipinski definition) is 3. The zero-order valence-corrected chi connectivity index (χ0v) is 15.1. The van der Waals surface area contributed by atoms with Gasteiger partial charge in [0.2, 0.25) is 0 Å². The topological polar surface area (TPSA) is 63.2 Å². The molecular formula is C19H21NO3S. The van der Waals surface area contributed by atoms with Crippen molar-refractivity contribution in [3.05, 3.63) is 69.6 Å². The van der Waals surface area contributed by atoms with Crippen LogP contribution in [0.5, 0.6) is 0 Å². The van der Waals surface area contributed by atoms with Gasteiger partial charge in [-0.2, -0.15) is 0 Å². The molecule has 0 unspecified atom stereocenters. The van der Waals surface area contributed by atoms with Crippen LogP contribution in [0, 0.1) is 20.8 Å². The van der Waals surface area contributed by atoms with Crippen molar-refractivity contribution in [1.82, 2.24) is 0 Å². The van der Waals surface area contributed by atoms with Gasteiger partial charge in [0.15, 0.2) is 5.78 Å². The highest BCUT2D eigenvalue weighted by molar-refractivity contribution is 7.95. The van der Waals surface area contributed by atoms with E-state index in [4.69, 9.17) is 0 Å². The van der Waals surface area contributed by atoms with Gasteiger partial charge in [-0.3, -0.25) is 9.52 Å². The van der Waals surface area contributed by atoms with Gasteiger partial charge in [0, 0.05) is 11.3 Å². The number of rotatable bonds is 5. The predicted molar refractivity (Wildman–Crippen MR) is 98.7 cm³/mol. The first-order chi connectivity index (χ1) is 11.2. The molecular weight excluding hydrogens is 322 g/mol. The summed E-state index contributed by atoms with van der Waals surface area (Å²) >= 11 is 0. The van der Waals surface area contributed by atoms with Crippen molar-refractivity contribution in [2.75, 3.05) is 4.72 Å². The number of hydrogen-bond donors (Lipinski definition) is 1. The molecule has 4 nitrogen and oxygen atoms in total. The Bertz CT molecular complexity index is 872. The van der Waals surface area contributed by atoms with Crippen molar-refractivity contribution in [3.8, 4) is 0 Å². The first-order valence-corrected chi connectivity index (χ1v) is 9.12. The average molecular weight is 343 g/mol. The van der Waals surface area contributed by atoms with Crippen molar-refractivity contribution >= 4 is 27.6 Å². The molecule has 2 aromatic carbocycles. The predicted octanol–water partition coefficient (Wildman–Crippen LogP) is 4.23. The fourth-order valence-corrected chi connectivity index (χ4v) is 3.43. The van der Waals surface area contributed by atoms with Gasteiger partial charge in [0.25, 0.3) is 10.0 Å². The van der Waals surface area contributed by atoms with Crippen LogP contribution in [0.2, 0.25) is 0 Å². The minimum Gasteiger partial charge on any atom is -0.295 e. The van der Waals surface area contributed by atoms with Crippen molar-refractivity contribution < 1.29 is 13.2 Å². The van der Waals surface area contributed by atoms with E-state index in [9.17, 15) is 13.2 Å². The summed E-state index contributed by atoms with van der Waals surface area (Å²) in [5.41, 5.74) is 5.07. The van der Waals surface area contributed by atoms with Crippen molar-refractivity contribution in [2.45, 2.75) is 27.7 Å². The van der Waals surface area contributed by atoms with E-state index in [-0.39, 0.29) is 5.78 Å². The molecule has 0 aliphatic heterocycles. The lowest BCUT2D eigenvalue weighted by atomic mass is 10.0. The molecule has 0 fully saturated rings. The number of carbonyl (C=O) groups is 1. The van der Waals surface area contributed by atoms with Crippen LogP contribution in [0.3, 0.4) is 0 Å². The number of anilines is 1. The van der Waals surface area contributed by atoms with Crippen molar-refractivity contribution in [3.63, 3.8) is 0 Å². The Morgan fingerprint density at radius 2 is 1.54 bits per heavy atom. The molecule has 0 amide bonds. The van der Waals surface area contributed by atoms with Crippen LogP contribution in [0.1, 0.15) is 39.5 Å². The molecule has 0 spiro atoms. The maximum atomic E-state index is 12.2. The van der Waals surface area contributed by atoms with E-state index in [0.29, 0.717) is 11.3 Å². The van der Waals surface area contributed by atoms with Crippen LogP contribution < -0.4 is 4.72 Å². The molecule has 126 valence electrons. The number of nitrogens with one attached hydrogen (secondary N) is 1. The highest BCUT2D eigenvalue weighted by Gasteiger charge is 2.08. The van der Waals surface area contributed by atoms with Gasteiger partial charge in [-0.1, -0.05) is 17.7 Å². The maximum Gasteiger partial charge on any atom is 0.255 e. The summed E-state index contributed by atoms with van der Waals surface area (Å²) in [7, 11) is -3.63. The normalized spacial score (nSPS) is 11.7. The molecule has 2 aromatic rings. The number of sulfonamides is 1. The molecule has 0 radical (unpaired) electrons. The SMILES string of the molecule is CC(=O)c1ccc(NS(=O)(=O)C=Cc2c(C)cc(C)cc2C)cc1. The van der Waals surface area contributed by atoms with Crippen molar-refractivity contribution in [1.29, 1.82) is 0 Å². The molecule has 0 aliphatic rings. The third-order valence-electron chi connectivity index (χ3n) is 3.70. The Morgan fingerprint density at radius 1 is 1.00 bits per heavy atom. The quantitative estimate of drug-likeness (QED) is 0.827. The van der Waals surface area contributed by atoms with Crippen molar-refractivity contribution in [2.24, 2.45) is 0 Å². The minimum atomic E-state index is -3.63. The van der Waals surface area contributed by atoms with Crippen LogP contribution in [-0.2, 0) is 10.0 Å². The minimum absolute atomic E-state index is 0.0605. The van der Waals surface area contributed by atoms with E-state index in [1.54, 1.807) is 30.3 Å². The average Bonchev–Trinajstić information content (AvgIpc) is 2.46. The number of carbonyl (C=O) groups excluding carboxylic acids is 1. The number of aryl methyl sites for hydroxylation is 3. The van der Waals surface area contributed by atoms with E-state index >= 15 is 0 Å². The van der Waals surface area contributed by atoms with Gasteiger partial charge in [-0.25, -0.2) is 8.42 Å². The molecule has 0 aromatic heterocycles. The summed E-state index contributed by atoms with van der Waals surface area (Å²) in [6.07, 6.45) is 1.61. The second-order valence-corrected chi connectivity index (χ2v) is 7.46. The Kier molecular flexibility index (Phi) is 5.24. The van der Waals surface area contributed by atoms with Gasteiger partial charge in [-0.05, 0) is 74.7 Å². The van der Waals surface area contributed by atoms with Crippen LogP contribution in [-0.4, -0.2) is 14.2 Å². The first kappa shape index (κ1) is 17.9. The lowest BCUT2D eigenvalue weighted by Gasteiger charge is -2.08. The second kappa shape index (κ2) is 7.01. The molecule has 0 bridgehead atoms. The fraction of sp³-hybridized carbons (Fsp3) is 0.211. The Hall–Kier alpha value is -2.40. The zero-order chi connectivity index (χ0) is 17.9. The Balaban J connectivity index is 2.21. The third kappa shape index (κ3) is 4.55. The van der Waals surface area contributed by atoms with Gasteiger partial charge in [0.05, 0.1) is 5.41 Å². The monoisotopic (exact) mass is 343 g/mol. The molecule has 1 N–H and O–H groups in total. The number of benzene rings is 2. The van der Waals surface area contributed by atoms with E-state index in [1.165, 1.54) is 6.92 Å². The van der Waals surface area contributed by atoms with Gasteiger partial charge >= 0.3 is 0 Å². The molecule has 0 heterocycles. The summed E-state index contributed by atoms with van der Waals surface area (Å²) in [6.45, 7) is 7.39. The molecule has 2 rings (SSSR count). The third-order valence-corrected chi connectivity index (χ3v) is 4.72. The molecule has 0 atom stereocenters. The molecule has 24 heavy (non-hydrogen) atoms. The standard InChI is InChI=1S/C19H21NO3S/c1-13-11-14(2)19(15(3)12-13)9-10-24(22,23)20-18-7-5-17(6-8-18)16(4)21/h5-12,20H,1-4H3. The highest BCUT2D eigenvalue weighted by Crippen LogP contribution is 2.19. The van der Waals surface area contributed by atoms with Crippen LogP contribution in [0.15, 0.2) is 41.8 Å². The Labute approximate surface area is 143 Å². The van der Waals surface area contributed by atoms with E-state index in [2.05, 4.69) is 4.72 Å². The number of ketones is 1.